The van der Waals surface area contributed by atoms with Crippen LogP contribution in [0.5, 0.6) is 5.75 Å². The number of nitriles is 1. The summed E-state index contributed by atoms with van der Waals surface area (Å²) < 4.78 is 27.8. The largest absolute Gasteiger partial charge is 0.506 e. The average molecular weight is 344 g/mol. The molecule has 0 unspecified atom stereocenters. The zero-order valence-electron chi connectivity index (χ0n) is 14.1. The van der Waals surface area contributed by atoms with E-state index < -0.39 is 15.4 Å². The fourth-order valence-electron chi connectivity index (χ4n) is 2.35. The van der Waals surface area contributed by atoms with Crippen molar-refractivity contribution in [3.8, 4) is 11.8 Å². The highest BCUT2D eigenvalue weighted by Crippen LogP contribution is 2.37. The Morgan fingerprint density at radius 1 is 1.12 bits per heavy atom. The minimum Gasteiger partial charge on any atom is -0.506 e. The molecule has 0 fully saturated rings. The van der Waals surface area contributed by atoms with Gasteiger partial charge >= 0.3 is 0 Å². The summed E-state index contributed by atoms with van der Waals surface area (Å²) in [5.74, 6) is -0.241. The zero-order valence-corrected chi connectivity index (χ0v) is 14.9. The van der Waals surface area contributed by atoms with Crippen LogP contribution in [-0.4, -0.2) is 13.5 Å². The molecular weight excluding hydrogens is 324 g/mol. The highest BCUT2D eigenvalue weighted by atomic mass is 32.2. The molecule has 2 N–H and O–H groups in total. The minimum atomic E-state index is -3.95. The third kappa shape index (κ3) is 3.69. The lowest BCUT2D eigenvalue weighted by molar-refractivity contribution is 0.431. The normalized spacial score (nSPS) is 11.8. The van der Waals surface area contributed by atoms with Crippen molar-refractivity contribution in [1.82, 2.24) is 0 Å². The fourth-order valence-corrected chi connectivity index (χ4v) is 3.61. The monoisotopic (exact) mass is 344 g/mol. The molecule has 0 radical (unpaired) electrons. The molecule has 5 nitrogen and oxygen atoms in total. The number of phenols is 1. The Bertz CT molecular complexity index is 903. The number of aryl methyl sites for hydroxylation is 1. The number of sulfonamides is 1. The summed E-state index contributed by atoms with van der Waals surface area (Å²) in [4.78, 5) is -0.156. The summed E-state index contributed by atoms with van der Waals surface area (Å²) in [6.45, 7) is 7.51. The van der Waals surface area contributed by atoms with Crippen LogP contribution in [0.1, 0.15) is 37.5 Å². The molecule has 0 aliphatic rings. The van der Waals surface area contributed by atoms with Crippen molar-refractivity contribution < 1.29 is 13.5 Å². The Morgan fingerprint density at radius 2 is 1.71 bits per heavy atom. The van der Waals surface area contributed by atoms with Gasteiger partial charge in [-0.3, -0.25) is 4.72 Å². The highest BCUT2D eigenvalue weighted by Gasteiger charge is 2.26. The van der Waals surface area contributed by atoms with E-state index in [2.05, 4.69) is 4.72 Å². The van der Waals surface area contributed by atoms with Crippen LogP contribution in [-0.2, 0) is 15.4 Å². The molecule has 24 heavy (non-hydrogen) atoms. The Morgan fingerprint density at radius 3 is 2.21 bits per heavy atom. The molecule has 126 valence electrons. The Labute approximate surface area is 142 Å². The van der Waals surface area contributed by atoms with Crippen molar-refractivity contribution in [2.75, 3.05) is 4.72 Å². The van der Waals surface area contributed by atoms with E-state index in [-0.39, 0.29) is 10.6 Å². The maximum atomic E-state index is 12.7. The van der Waals surface area contributed by atoms with Crippen molar-refractivity contribution in [1.29, 1.82) is 5.26 Å². The number of aromatic hydroxyl groups is 1. The van der Waals surface area contributed by atoms with Gasteiger partial charge in [0.05, 0.1) is 11.6 Å². The number of rotatable bonds is 3. The number of benzene rings is 2. The van der Waals surface area contributed by atoms with Crippen LogP contribution in [0.25, 0.3) is 0 Å². The summed E-state index contributed by atoms with van der Waals surface area (Å²) in [5, 5.41) is 19.3. The fraction of sp³-hybridized carbons (Fsp3) is 0.278. The lowest BCUT2D eigenvalue weighted by atomic mass is 9.85. The van der Waals surface area contributed by atoms with E-state index in [9.17, 15) is 13.5 Å². The molecule has 0 bridgehead atoms. The first-order chi connectivity index (χ1) is 11.0. The van der Waals surface area contributed by atoms with Gasteiger partial charge in [0.1, 0.15) is 10.6 Å². The van der Waals surface area contributed by atoms with Gasteiger partial charge in [-0.15, -0.1) is 0 Å². The van der Waals surface area contributed by atoms with Crippen LogP contribution in [0.15, 0.2) is 41.3 Å². The molecule has 0 saturated carbocycles. The Kier molecular flexibility index (Phi) is 4.59. The molecule has 0 aliphatic carbocycles. The van der Waals surface area contributed by atoms with Gasteiger partial charge in [-0.05, 0) is 48.2 Å². The van der Waals surface area contributed by atoms with Crippen LogP contribution >= 0.6 is 0 Å². The molecule has 0 aliphatic heterocycles. The van der Waals surface area contributed by atoms with Crippen molar-refractivity contribution in [2.45, 2.75) is 38.0 Å². The molecule has 2 aromatic carbocycles. The smallest absolute Gasteiger partial charge is 0.265 e. The summed E-state index contributed by atoms with van der Waals surface area (Å²) in [6.07, 6.45) is 0. The maximum Gasteiger partial charge on any atom is 0.265 e. The first-order valence-corrected chi connectivity index (χ1v) is 8.90. The SMILES string of the molecule is Cc1cc(C(C)(C)C)c(O)c(S(=O)(=O)Nc2ccc(C#N)cc2)c1. The summed E-state index contributed by atoms with van der Waals surface area (Å²) in [7, 11) is -3.95. The van der Waals surface area contributed by atoms with Crippen molar-refractivity contribution in [2.24, 2.45) is 0 Å². The van der Waals surface area contributed by atoms with Crippen molar-refractivity contribution in [3.05, 3.63) is 53.1 Å². The van der Waals surface area contributed by atoms with Gasteiger partial charge in [-0.2, -0.15) is 5.26 Å². The van der Waals surface area contributed by atoms with E-state index in [1.54, 1.807) is 13.0 Å². The average Bonchev–Trinajstić information content (AvgIpc) is 2.48. The summed E-state index contributed by atoms with van der Waals surface area (Å²) in [5.41, 5.74) is 1.69. The predicted molar refractivity (Wildman–Crippen MR) is 93.5 cm³/mol. The molecule has 0 heterocycles. The van der Waals surface area contributed by atoms with Crippen LogP contribution in [0.2, 0.25) is 0 Å². The van der Waals surface area contributed by atoms with Gasteiger partial charge in [0.15, 0.2) is 0 Å². The summed E-state index contributed by atoms with van der Waals surface area (Å²) >= 11 is 0. The number of hydrogen-bond donors (Lipinski definition) is 2. The van der Waals surface area contributed by atoms with E-state index in [1.807, 2.05) is 26.8 Å². The minimum absolute atomic E-state index is 0.156. The highest BCUT2D eigenvalue weighted by molar-refractivity contribution is 7.92. The van der Waals surface area contributed by atoms with Crippen LogP contribution in [0.3, 0.4) is 0 Å². The first-order valence-electron chi connectivity index (χ1n) is 7.41. The van der Waals surface area contributed by atoms with Gasteiger partial charge < -0.3 is 5.11 Å². The standard InChI is InChI=1S/C18H20N2O3S/c1-12-9-15(18(2,3)4)17(21)16(10-12)24(22,23)20-14-7-5-13(11-19)6-8-14/h5-10,20-21H,1-4H3. The third-order valence-corrected chi connectivity index (χ3v) is 4.98. The molecule has 0 aromatic heterocycles. The molecule has 6 heteroatoms. The second kappa shape index (κ2) is 6.17. The number of hydrogen-bond acceptors (Lipinski definition) is 4. The lowest BCUT2D eigenvalue weighted by Crippen LogP contribution is -2.17. The molecule has 0 atom stereocenters. The van der Waals surface area contributed by atoms with Crippen LogP contribution < -0.4 is 4.72 Å². The molecule has 2 aromatic rings. The van der Waals surface area contributed by atoms with Crippen molar-refractivity contribution >= 4 is 15.7 Å². The lowest BCUT2D eigenvalue weighted by Gasteiger charge is -2.23. The number of nitrogens with one attached hydrogen (secondary N) is 1. The van der Waals surface area contributed by atoms with Crippen LogP contribution in [0.4, 0.5) is 5.69 Å². The van der Waals surface area contributed by atoms with E-state index in [4.69, 9.17) is 5.26 Å². The first kappa shape index (κ1) is 17.8. The predicted octanol–water partition coefficient (Wildman–Crippen LogP) is 3.67. The zero-order chi connectivity index (χ0) is 18.1. The van der Waals surface area contributed by atoms with Crippen molar-refractivity contribution in [3.63, 3.8) is 0 Å². The van der Waals surface area contributed by atoms with E-state index in [0.29, 0.717) is 16.8 Å². The summed E-state index contributed by atoms with van der Waals surface area (Å²) in [6, 6.07) is 11.3. The quantitative estimate of drug-likeness (QED) is 0.889. The Hall–Kier alpha value is -2.52. The van der Waals surface area contributed by atoms with Gasteiger partial charge in [-0.25, -0.2) is 8.42 Å². The van der Waals surface area contributed by atoms with Gasteiger partial charge in [0, 0.05) is 11.3 Å². The van der Waals surface area contributed by atoms with Gasteiger partial charge in [0.25, 0.3) is 10.0 Å². The second-order valence-corrected chi connectivity index (χ2v) is 8.35. The topological polar surface area (TPSA) is 90.2 Å². The van der Waals surface area contributed by atoms with Gasteiger partial charge in [0.2, 0.25) is 0 Å². The number of phenolic OH excluding ortho intramolecular Hbond substituents is 1. The van der Waals surface area contributed by atoms with E-state index >= 15 is 0 Å². The maximum absolute atomic E-state index is 12.7. The van der Waals surface area contributed by atoms with Crippen LogP contribution in [0, 0.1) is 18.3 Å². The third-order valence-electron chi connectivity index (χ3n) is 3.58. The second-order valence-electron chi connectivity index (χ2n) is 6.70. The Balaban J connectivity index is 2.49. The molecule has 0 amide bonds. The number of anilines is 1. The van der Waals surface area contributed by atoms with E-state index in [0.717, 1.165) is 5.56 Å². The molecule has 0 spiro atoms. The molecule has 2 rings (SSSR count). The molecule has 0 saturated heterocycles. The number of nitrogens with zero attached hydrogens (tertiary/aromatic N) is 1. The van der Waals surface area contributed by atoms with Gasteiger partial charge in [-0.1, -0.05) is 26.8 Å². The molecular formula is C18H20N2O3S. The van der Waals surface area contributed by atoms with E-state index in [1.165, 1.54) is 30.3 Å².